The lowest BCUT2D eigenvalue weighted by molar-refractivity contribution is -0.117. The summed E-state index contributed by atoms with van der Waals surface area (Å²) >= 11 is 1.10. The van der Waals surface area contributed by atoms with Crippen LogP contribution in [0.2, 0.25) is 0 Å². The van der Waals surface area contributed by atoms with Crippen molar-refractivity contribution in [2.24, 2.45) is 0 Å². The molecule has 1 heterocycles. The molecule has 1 aliphatic rings. The summed E-state index contributed by atoms with van der Waals surface area (Å²) < 4.78 is 5.21. The summed E-state index contributed by atoms with van der Waals surface area (Å²) in [7, 11) is 1.95. The van der Waals surface area contributed by atoms with Gasteiger partial charge in [0.25, 0.3) is 5.91 Å². The Hall–Kier alpha value is -2.71. The molecule has 0 atom stereocenters. The summed E-state index contributed by atoms with van der Waals surface area (Å²) in [5.74, 6) is -1.08. The molecule has 7 nitrogen and oxygen atoms in total. The molecule has 8 heteroatoms. The summed E-state index contributed by atoms with van der Waals surface area (Å²) in [6.07, 6.45) is 4.57. The molecule has 1 saturated carbocycles. The zero-order valence-corrected chi connectivity index (χ0v) is 20.9. The summed E-state index contributed by atoms with van der Waals surface area (Å²) in [5.41, 5.74) is 3.51. The lowest BCUT2D eigenvalue weighted by Crippen LogP contribution is -2.36. The van der Waals surface area contributed by atoms with E-state index in [0.717, 1.165) is 35.3 Å². The minimum absolute atomic E-state index is 0.204. The van der Waals surface area contributed by atoms with Crippen LogP contribution in [-0.4, -0.2) is 48.9 Å². The van der Waals surface area contributed by atoms with Gasteiger partial charge in [0.15, 0.2) is 0 Å². The number of carbonyl (C=O) groups excluding carboxylic acids is 3. The number of hydrogen-bond acceptors (Lipinski definition) is 6. The Labute approximate surface area is 199 Å². The van der Waals surface area contributed by atoms with Crippen molar-refractivity contribution >= 4 is 39.8 Å². The Morgan fingerprint density at radius 1 is 1.12 bits per heavy atom. The number of benzene rings is 1. The number of nitrogens with one attached hydrogen (secondary N) is 2. The van der Waals surface area contributed by atoms with Crippen LogP contribution in [0.1, 0.15) is 69.3 Å². The number of aryl methyl sites for hydroxylation is 2. The molecular formula is C25H33N3O4S. The van der Waals surface area contributed by atoms with Gasteiger partial charge in [-0.05, 0) is 64.8 Å². The highest BCUT2D eigenvalue weighted by molar-refractivity contribution is 7.19. The Morgan fingerprint density at radius 2 is 1.82 bits per heavy atom. The largest absolute Gasteiger partial charge is 0.462 e. The van der Waals surface area contributed by atoms with E-state index in [1.54, 1.807) is 13.8 Å². The van der Waals surface area contributed by atoms with E-state index in [1.807, 2.05) is 39.1 Å². The number of carbonyl (C=O) groups is 3. The smallest absolute Gasteiger partial charge is 0.341 e. The highest BCUT2D eigenvalue weighted by Gasteiger charge is 2.28. The van der Waals surface area contributed by atoms with Crippen molar-refractivity contribution in [3.05, 3.63) is 45.3 Å². The molecule has 0 bridgehead atoms. The van der Waals surface area contributed by atoms with Crippen molar-refractivity contribution in [3.8, 4) is 0 Å². The Balaban J connectivity index is 1.83. The standard InChI is InChI=1S/C25H33N3O4S/c1-6-32-25(31)21-17(4)22(23(30)26-19-12-11-15(2)13-16(19)3)33-24(21)27-20(29)14-28(5)18-9-7-8-10-18/h11-13,18H,6-10,14H2,1-5H3,(H,26,30)(H,27,29). The van der Waals surface area contributed by atoms with Crippen LogP contribution < -0.4 is 10.6 Å². The third-order valence-corrected chi connectivity index (χ3v) is 7.26. The highest BCUT2D eigenvalue weighted by Crippen LogP contribution is 2.35. The number of ether oxygens (including phenoxy) is 1. The van der Waals surface area contributed by atoms with Gasteiger partial charge in [-0.3, -0.25) is 14.5 Å². The highest BCUT2D eigenvalue weighted by atomic mass is 32.1. The Morgan fingerprint density at radius 3 is 2.45 bits per heavy atom. The lowest BCUT2D eigenvalue weighted by Gasteiger charge is -2.23. The summed E-state index contributed by atoms with van der Waals surface area (Å²) in [6.45, 7) is 7.79. The Bertz CT molecular complexity index is 1040. The molecule has 1 aromatic heterocycles. The van der Waals surface area contributed by atoms with Crippen LogP contribution in [0, 0.1) is 20.8 Å². The van der Waals surface area contributed by atoms with Crippen LogP contribution in [0.5, 0.6) is 0 Å². The lowest BCUT2D eigenvalue weighted by atomic mass is 10.1. The maximum absolute atomic E-state index is 13.1. The molecular weight excluding hydrogens is 438 g/mol. The van der Waals surface area contributed by atoms with Gasteiger partial charge in [0.2, 0.25) is 5.91 Å². The molecule has 0 saturated heterocycles. The van der Waals surface area contributed by atoms with Gasteiger partial charge in [0.1, 0.15) is 5.00 Å². The van der Waals surface area contributed by atoms with Crippen LogP contribution in [-0.2, 0) is 9.53 Å². The van der Waals surface area contributed by atoms with E-state index >= 15 is 0 Å². The second kappa shape index (κ2) is 10.9. The van der Waals surface area contributed by atoms with E-state index in [2.05, 4.69) is 15.5 Å². The molecule has 0 spiro atoms. The van der Waals surface area contributed by atoms with Crippen molar-refractivity contribution < 1.29 is 19.1 Å². The van der Waals surface area contributed by atoms with Gasteiger partial charge >= 0.3 is 5.97 Å². The number of amides is 2. The van der Waals surface area contributed by atoms with Crippen LogP contribution in [0.15, 0.2) is 18.2 Å². The maximum atomic E-state index is 13.1. The molecule has 2 aromatic rings. The Kier molecular flexibility index (Phi) is 8.26. The first kappa shape index (κ1) is 24.9. The number of nitrogens with zero attached hydrogens (tertiary/aromatic N) is 1. The summed E-state index contributed by atoms with van der Waals surface area (Å²) in [4.78, 5) is 41.0. The fourth-order valence-electron chi connectivity index (χ4n) is 4.27. The monoisotopic (exact) mass is 471 g/mol. The van der Waals surface area contributed by atoms with E-state index in [0.29, 0.717) is 27.2 Å². The number of hydrogen-bond donors (Lipinski definition) is 2. The van der Waals surface area contributed by atoms with Gasteiger partial charge in [-0.15, -0.1) is 11.3 Å². The molecule has 1 aromatic carbocycles. The van der Waals surface area contributed by atoms with Crippen molar-refractivity contribution in [1.29, 1.82) is 0 Å². The fraction of sp³-hybridized carbons (Fsp3) is 0.480. The van der Waals surface area contributed by atoms with Crippen LogP contribution in [0.25, 0.3) is 0 Å². The SMILES string of the molecule is CCOC(=O)c1c(NC(=O)CN(C)C2CCCC2)sc(C(=O)Nc2ccc(C)cc2C)c1C. The number of likely N-dealkylation sites (N-methyl/N-ethyl adjacent to an activating group) is 1. The first-order valence-corrected chi connectivity index (χ1v) is 12.2. The third kappa shape index (κ3) is 6.00. The number of rotatable bonds is 8. The topological polar surface area (TPSA) is 87.7 Å². The quantitative estimate of drug-likeness (QED) is 0.534. The van der Waals surface area contributed by atoms with Crippen molar-refractivity contribution in [1.82, 2.24) is 4.90 Å². The van der Waals surface area contributed by atoms with Crippen LogP contribution >= 0.6 is 11.3 Å². The fourth-order valence-corrected chi connectivity index (χ4v) is 5.37. The van der Waals surface area contributed by atoms with E-state index < -0.39 is 5.97 Å². The van der Waals surface area contributed by atoms with Crippen molar-refractivity contribution in [2.45, 2.75) is 59.4 Å². The minimum Gasteiger partial charge on any atom is -0.462 e. The first-order chi connectivity index (χ1) is 15.7. The van der Waals surface area contributed by atoms with E-state index in [1.165, 1.54) is 12.8 Å². The first-order valence-electron chi connectivity index (χ1n) is 11.4. The van der Waals surface area contributed by atoms with Crippen molar-refractivity contribution in [2.75, 3.05) is 30.8 Å². The molecule has 178 valence electrons. The zero-order chi connectivity index (χ0) is 24.1. The summed E-state index contributed by atoms with van der Waals surface area (Å²) in [5, 5.41) is 6.14. The third-order valence-electron chi connectivity index (χ3n) is 6.06. The average molecular weight is 472 g/mol. The van der Waals surface area contributed by atoms with Crippen molar-refractivity contribution in [3.63, 3.8) is 0 Å². The number of esters is 1. The molecule has 1 aliphatic carbocycles. The van der Waals surface area contributed by atoms with Gasteiger partial charge in [0.05, 0.1) is 23.6 Å². The molecule has 2 N–H and O–H groups in total. The molecule has 1 fully saturated rings. The average Bonchev–Trinajstić information content (AvgIpc) is 3.38. The molecule has 0 radical (unpaired) electrons. The molecule has 3 rings (SSSR count). The van der Waals surface area contributed by atoms with E-state index in [4.69, 9.17) is 4.74 Å². The van der Waals surface area contributed by atoms with Gasteiger partial charge in [-0.1, -0.05) is 30.5 Å². The summed E-state index contributed by atoms with van der Waals surface area (Å²) in [6, 6.07) is 6.19. The normalized spacial score (nSPS) is 13.9. The minimum atomic E-state index is -0.545. The van der Waals surface area contributed by atoms with Gasteiger partial charge in [-0.2, -0.15) is 0 Å². The zero-order valence-electron chi connectivity index (χ0n) is 20.0. The van der Waals surface area contributed by atoms with Gasteiger partial charge in [0, 0.05) is 11.7 Å². The number of anilines is 2. The predicted octanol–water partition coefficient (Wildman–Crippen LogP) is 4.92. The molecule has 33 heavy (non-hydrogen) atoms. The maximum Gasteiger partial charge on any atom is 0.341 e. The molecule has 2 amide bonds. The molecule has 0 aliphatic heterocycles. The van der Waals surface area contributed by atoms with Crippen LogP contribution in [0.3, 0.4) is 0 Å². The molecule has 0 unspecified atom stereocenters. The van der Waals surface area contributed by atoms with E-state index in [9.17, 15) is 14.4 Å². The van der Waals surface area contributed by atoms with Gasteiger partial charge in [-0.25, -0.2) is 4.79 Å². The second-order valence-corrected chi connectivity index (χ2v) is 9.68. The van der Waals surface area contributed by atoms with E-state index in [-0.39, 0.29) is 30.5 Å². The second-order valence-electron chi connectivity index (χ2n) is 8.65. The van der Waals surface area contributed by atoms with Crippen LogP contribution in [0.4, 0.5) is 10.7 Å². The number of thiophene rings is 1. The van der Waals surface area contributed by atoms with Gasteiger partial charge < -0.3 is 15.4 Å². The predicted molar refractivity (Wildman–Crippen MR) is 132 cm³/mol.